The number of ketones is 1. The van der Waals surface area contributed by atoms with Crippen LogP contribution in [0.1, 0.15) is 59.1 Å². The molecule has 8 atom stereocenters. The van der Waals surface area contributed by atoms with Crippen LogP contribution in [0.15, 0.2) is 17.5 Å². The largest absolute Gasteiger partial charge is 0.448 e. The highest BCUT2D eigenvalue weighted by Gasteiger charge is 2.69. The van der Waals surface area contributed by atoms with Crippen molar-refractivity contribution in [3.63, 3.8) is 0 Å². The molecular weight excluding hydrogens is 386 g/mol. The fraction of sp³-hybridized carbons (Fsp3) is 0.773. The molecule has 1 aromatic heterocycles. The summed E-state index contributed by atoms with van der Waals surface area (Å²) < 4.78 is 12.8. The first kappa shape index (κ1) is 20.2. The van der Waals surface area contributed by atoms with E-state index >= 15 is 0 Å². The second-order valence-electron chi connectivity index (χ2n) is 9.69. The normalized spacial score (nSPS) is 44.8. The van der Waals surface area contributed by atoms with E-state index in [9.17, 15) is 4.79 Å². The molecule has 8 heteroatoms. The van der Waals surface area contributed by atoms with E-state index in [-0.39, 0.29) is 17.6 Å². The van der Waals surface area contributed by atoms with Crippen molar-refractivity contribution < 1.29 is 24.0 Å². The van der Waals surface area contributed by atoms with Crippen molar-refractivity contribution >= 4 is 11.7 Å². The predicted molar refractivity (Wildman–Crippen MR) is 107 cm³/mol. The zero-order valence-electron chi connectivity index (χ0n) is 18.1. The molecule has 0 radical (unpaired) electrons. The van der Waals surface area contributed by atoms with E-state index in [0.717, 1.165) is 31.4 Å². The van der Waals surface area contributed by atoms with Crippen molar-refractivity contribution in [2.24, 2.45) is 28.7 Å². The van der Waals surface area contributed by atoms with Crippen LogP contribution in [0.5, 0.6) is 0 Å². The Morgan fingerprint density at radius 2 is 2.13 bits per heavy atom. The SMILES string of the molecule is CC(=O)C(Cc1cnc[nH]1)/N=C1/OC2OC3(C)CCC4C(C)CCC(C1C)C24OO3. The van der Waals surface area contributed by atoms with E-state index in [2.05, 4.69) is 23.8 Å². The number of carbonyl (C=O) groups is 1. The highest BCUT2D eigenvalue weighted by atomic mass is 17.3. The molecule has 8 unspecified atom stereocenters. The van der Waals surface area contributed by atoms with Crippen LogP contribution in [0.4, 0.5) is 0 Å². The molecule has 1 N–H and O–H groups in total. The van der Waals surface area contributed by atoms with E-state index in [1.807, 2.05) is 6.92 Å². The smallest absolute Gasteiger partial charge is 0.237 e. The van der Waals surface area contributed by atoms with Crippen LogP contribution >= 0.6 is 0 Å². The van der Waals surface area contributed by atoms with Gasteiger partial charge in [-0.3, -0.25) is 4.79 Å². The van der Waals surface area contributed by atoms with Gasteiger partial charge in [0, 0.05) is 42.5 Å². The summed E-state index contributed by atoms with van der Waals surface area (Å²) in [5, 5.41) is 0. The van der Waals surface area contributed by atoms with Gasteiger partial charge in [0.05, 0.1) is 6.33 Å². The molecule has 1 saturated carbocycles. The Bertz CT molecular complexity index is 842. The summed E-state index contributed by atoms with van der Waals surface area (Å²) in [4.78, 5) is 36.3. The van der Waals surface area contributed by atoms with Crippen LogP contribution in [0.2, 0.25) is 0 Å². The third-order valence-electron chi connectivity index (χ3n) is 7.72. The number of aromatic nitrogens is 2. The van der Waals surface area contributed by atoms with Crippen molar-refractivity contribution in [3.05, 3.63) is 18.2 Å². The van der Waals surface area contributed by atoms with Gasteiger partial charge in [-0.25, -0.2) is 19.8 Å². The molecule has 5 fully saturated rings. The highest BCUT2D eigenvalue weighted by Crippen LogP contribution is 2.59. The number of imidazole rings is 1. The number of nitrogens with one attached hydrogen (secondary N) is 1. The number of aliphatic imine (C=N–C) groups is 1. The van der Waals surface area contributed by atoms with Crippen LogP contribution in [0, 0.1) is 23.7 Å². The molecule has 1 aliphatic carbocycles. The summed E-state index contributed by atoms with van der Waals surface area (Å²) in [7, 11) is 0. The number of fused-ring (bicyclic) bond motifs is 2. The minimum Gasteiger partial charge on any atom is -0.448 e. The summed E-state index contributed by atoms with van der Waals surface area (Å²) in [6, 6.07) is -0.522. The molecule has 0 amide bonds. The van der Waals surface area contributed by atoms with E-state index in [1.54, 1.807) is 19.4 Å². The van der Waals surface area contributed by atoms with E-state index in [0.29, 0.717) is 24.2 Å². The summed E-state index contributed by atoms with van der Waals surface area (Å²) in [6.45, 7) is 7.89. The van der Waals surface area contributed by atoms with Gasteiger partial charge in [0.1, 0.15) is 6.04 Å². The Morgan fingerprint density at radius 1 is 1.30 bits per heavy atom. The molecule has 0 aromatic carbocycles. The first-order valence-corrected chi connectivity index (χ1v) is 11.1. The lowest BCUT2D eigenvalue weighted by molar-refractivity contribution is -0.557. The van der Waals surface area contributed by atoms with E-state index in [1.165, 1.54) is 0 Å². The number of H-pyrrole nitrogens is 1. The second kappa shape index (κ2) is 7.14. The fourth-order valence-electron chi connectivity index (χ4n) is 5.96. The predicted octanol–water partition coefficient (Wildman–Crippen LogP) is 3.19. The molecule has 1 aromatic rings. The molecule has 2 bridgehead atoms. The van der Waals surface area contributed by atoms with Gasteiger partial charge in [0.25, 0.3) is 0 Å². The van der Waals surface area contributed by atoms with Crippen molar-refractivity contribution in [2.45, 2.75) is 83.5 Å². The quantitative estimate of drug-likeness (QED) is 0.756. The van der Waals surface area contributed by atoms with Crippen molar-refractivity contribution in [3.8, 4) is 0 Å². The Morgan fingerprint density at radius 3 is 2.87 bits per heavy atom. The number of carbonyl (C=O) groups excluding carboxylic acids is 1. The number of nitrogens with zero attached hydrogens (tertiary/aromatic N) is 2. The first-order valence-electron chi connectivity index (χ1n) is 11.1. The Labute approximate surface area is 176 Å². The maximum Gasteiger partial charge on any atom is 0.237 e. The zero-order chi connectivity index (χ0) is 21.1. The summed E-state index contributed by atoms with van der Waals surface area (Å²) in [5.41, 5.74) is 0.251. The molecular formula is C22H31N3O5. The van der Waals surface area contributed by atoms with Crippen molar-refractivity contribution in [1.29, 1.82) is 0 Å². The lowest BCUT2D eigenvalue weighted by Crippen LogP contribution is -2.69. The van der Waals surface area contributed by atoms with Gasteiger partial charge in [-0.2, -0.15) is 0 Å². The number of hydrogen-bond donors (Lipinski definition) is 1. The molecule has 6 rings (SSSR count). The van der Waals surface area contributed by atoms with Gasteiger partial charge >= 0.3 is 0 Å². The van der Waals surface area contributed by atoms with Crippen LogP contribution in [0.3, 0.4) is 0 Å². The van der Waals surface area contributed by atoms with Gasteiger partial charge in [0.15, 0.2) is 17.3 Å². The number of aromatic amines is 1. The molecule has 8 nitrogen and oxygen atoms in total. The van der Waals surface area contributed by atoms with Crippen LogP contribution < -0.4 is 0 Å². The molecule has 4 aliphatic heterocycles. The average Bonchev–Trinajstić information content (AvgIpc) is 3.11. The third kappa shape index (κ3) is 3.03. The van der Waals surface area contributed by atoms with Crippen LogP contribution in [-0.4, -0.2) is 45.4 Å². The van der Waals surface area contributed by atoms with Crippen LogP contribution in [0.25, 0.3) is 0 Å². The third-order valence-corrected chi connectivity index (χ3v) is 7.72. The monoisotopic (exact) mass is 417 g/mol. The topological polar surface area (TPSA) is 95.0 Å². The Balaban J connectivity index is 1.50. The number of Topliss-reactive ketones (excluding diaryl/α,β-unsaturated/α-hetero) is 1. The lowest BCUT2D eigenvalue weighted by atomic mass is 9.58. The maximum absolute atomic E-state index is 12.3. The molecule has 164 valence electrons. The first-order chi connectivity index (χ1) is 14.3. The van der Waals surface area contributed by atoms with Gasteiger partial charge in [-0.1, -0.05) is 13.8 Å². The highest BCUT2D eigenvalue weighted by molar-refractivity contribution is 5.87. The van der Waals surface area contributed by atoms with Crippen molar-refractivity contribution in [2.75, 3.05) is 0 Å². The number of hydrogen-bond acceptors (Lipinski definition) is 7. The summed E-state index contributed by atoms with van der Waals surface area (Å²) >= 11 is 0. The molecule has 1 spiro atoms. The Kier molecular flexibility index (Phi) is 4.79. The average molecular weight is 418 g/mol. The fourth-order valence-corrected chi connectivity index (χ4v) is 5.96. The molecule has 5 aliphatic rings. The van der Waals surface area contributed by atoms with E-state index in [4.69, 9.17) is 24.2 Å². The molecule has 5 heterocycles. The van der Waals surface area contributed by atoms with Gasteiger partial charge in [-0.05, 0) is 39.0 Å². The summed E-state index contributed by atoms with van der Waals surface area (Å²) in [5.74, 6) is 0.757. The number of rotatable bonds is 4. The summed E-state index contributed by atoms with van der Waals surface area (Å²) in [6.07, 6.45) is 7.11. The minimum absolute atomic E-state index is 0.00168. The van der Waals surface area contributed by atoms with Gasteiger partial charge in [-0.15, -0.1) is 0 Å². The Hall–Kier alpha value is -1.77. The minimum atomic E-state index is -0.820. The van der Waals surface area contributed by atoms with E-state index < -0.39 is 23.7 Å². The lowest BCUT2D eigenvalue weighted by Gasteiger charge is -2.58. The number of ether oxygens (including phenoxy) is 2. The van der Waals surface area contributed by atoms with Gasteiger partial charge in [0.2, 0.25) is 12.1 Å². The van der Waals surface area contributed by atoms with Gasteiger partial charge < -0.3 is 14.5 Å². The maximum atomic E-state index is 12.3. The molecule has 30 heavy (non-hydrogen) atoms. The van der Waals surface area contributed by atoms with Crippen LogP contribution in [-0.2, 0) is 30.5 Å². The van der Waals surface area contributed by atoms with Crippen molar-refractivity contribution in [1.82, 2.24) is 9.97 Å². The molecule has 4 saturated heterocycles. The zero-order valence-corrected chi connectivity index (χ0v) is 18.1. The second-order valence-corrected chi connectivity index (χ2v) is 9.69. The standard InChI is InChI=1S/C22H31N3O5/c1-12-5-6-17-13(2)19(25-18(14(3)26)9-15-10-23-11-24-15)27-20-22(17)16(12)7-8-21(4,28-20)29-30-22/h10-13,16-18,20H,5-9H2,1-4H3,(H,23,24)/b25-19+.